The number of carbonyl (C=O) groups excluding carboxylic acids is 4. The Morgan fingerprint density at radius 3 is 1.34 bits per heavy atom. The first-order valence-corrected chi connectivity index (χ1v) is 23.0. The third-order valence-electron chi connectivity index (χ3n) is 11.9. The standard InChI is InChI=1S/C50H58N8O8S/c1-31(2)35-13-9-11-15-37(35)45-33(19-23-43(59)55-27-25-51-39(29-55)49(61)53(5)6)17-21-41(47(45)57(63)64)67-42-22-18-34(20-24-44(60)56-28-26-52-40(30-56)50(62)54(7)8)46(48(42)58(65)66)38-16-12-10-14-36(38)32(3)4/h9-24,31-32,39-40,51-52H,25-30H2,1-8H3. The van der Waals surface area contributed by atoms with E-state index in [-0.39, 0.29) is 80.8 Å². The lowest BCUT2D eigenvalue weighted by atomic mass is 9.89. The molecule has 2 unspecified atom stereocenters. The second-order valence-corrected chi connectivity index (χ2v) is 18.7. The molecule has 4 aromatic carbocycles. The summed E-state index contributed by atoms with van der Waals surface area (Å²) in [6.07, 6.45) is 5.82. The smallest absolute Gasteiger partial charge is 0.291 e. The molecule has 2 aliphatic heterocycles. The number of nitro groups is 2. The van der Waals surface area contributed by atoms with Gasteiger partial charge in [0.15, 0.2) is 0 Å². The Balaban J connectivity index is 1.48. The van der Waals surface area contributed by atoms with Crippen LogP contribution in [0.25, 0.3) is 34.4 Å². The number of nitrogens with one attached hydrogen (secondary N) is 2. The van der Waals surface area contributed by atoms with Gasteiger partial charge in [-0.3, -0.25) is 39.4 Å². The van der Waals surface area contributed by atoms with Crippen molar-refractivity contribution in [3.05, 3.63) is 127 Å². The molecule has 352 valence electrons. The van der Waals surface area contributed by atoms with Crippen molar-refractivity contribution in [2.75, 3.05) is 67.5 Å². The molecule has 0 radical (unpaired) electrons. The van der Waals surface area contributed by atoms with Crippen LogP contribution in [0, 0.1) is 20.2 Å². The SMILES string of the molecule is CC(C)c1ccccc1-c1c(C=CC(=O)N2CCNC(C(=O)N(C)C)C2)ccc(Sc2ccc(C=CC(=O)N3CCNC(C(=O)N(C)C)C3)c(-c3ccccc3C(C)C)c2[N+](=O)[O-])c1[N+](=O)[O-]. The molecule has 17 heteroatoms. The van der Waals surface area contributed by atoms with Crippen molar-refractivity contribution in [3.8, 4) is 22.3 Å². The van der Waals surface area contributed by atoms with Crippen molar-refractivity contribution >= 4 is 58.9 Å². The first kappa shape index (κ1) is 49.7. The minimum atomic E-state index is -0.575. The number of rotatable bonds is 14. The second-order valence-electron chi connectivity index (χ2n) is 17.6. The average molecular weight is 931 g/mol. The molecule has 6 rings (SSSR count). The lowest BCUT2D eigenvalue weighted by molar-refractivity contribution is -0.387. The highest BCUT2D eigenvalue weighted by atomic mass is 32.2. The van der Waals surface area contributed by atoms with Crippen LogP contribution in [0.4, 0.5) is 11.4 Å². The fourth-order valence-corrected chi connectivity index (χ4v) is 9.56. The van der Waals surface area contributed by atoms with Gasteiger partial charge in [-0.1, -0.05) is 100 Å². The van der Waals surface area contributed by atoms with E-state index in [9.17, 15) is 39.4 Å². The summed E-state index contributed by atoms with van der Waals surface area (Å²) >= 11 is 0.898. The van der Waals surface area contributed by atoms with E-state index in [1.165, 1.54) is 22.0 Å². The Hall–Kier alpha value is -6.69. The molecule has 2 fully saturated rings. The van der Waals surface area contributed by atoms with Gasteiger partial charge in [-0.2, -0.15) is 0 Å². The first-order valence-electron chi connectivity index (χ1n) is 22.2. The Bertz CT molecular complexity index is 2450. The predicted molar refractivity (Wildman–Crippen MR) is 262 cm³/mol. The third-order valence-corrected chi connectivity index (χ3v) is 13.0. The molecule has 2 saturated heterocycles. The van der Waals surface area contributed by atoms with E-state index >= 15 is 0 Å². The lowest BCUT2D eigenvalue weighted by Crippen LogP contribution is -2.57. The van der Waals surface area contributed by atoms with Crippen LogP contribution >= 0.6 is 11.8 Å². The van der Waals surface area contributed by atoms with Gasteiger partial charge in [0.2, 0.25) is 23.6 Å². The van der Waals surface area contributed by atoms with E-state index in [4.69, 9.17) is 0 Å². The topological polar surface area (TPSA) is 192 Å². The fourth-order valence-electron chi connectivity index (χ4n) is 8.51. The van der Waals surface area contributed by atoms with Crippen LogP contribution < -0.4 is 10.6 Å². The normalized spacial score (nSPS) is 16.5. The molecule has 16 nitrogen and oxygen atoms in total. The molecule has 0 aliphatic carbocycles. The van der Waals surface area contributed by atoms with Crippen LogP contribution in [-0.2, 0) is 19.2 Å². The van der Waals surface area contributed by atoms with Gasteiger partial charge in [0.25, 0.3) is 11.4 Å². The van der Waals surface area contributed by atoms with Gasteiger partial charge in [-0.15, -0.1) is 0 Å². The molecule has 0 bridgehead atoms. The molecular weight excluding hydrogens is 873 g/mol. The van der Waals surface area contributed by atoms with Gasteiger partial charge in [-0.25, -0.2) is 0 Å². The van der Waals surface area contributed by atoms with E-state index < -0.39 is 21.9 Å². The zero-order valence-electron chi connectivity index (χ0n) is 39.1. The highest BCUT2D eigenvalue weighted by Gasteiger charge is 2.33. The summed E-state index contributed by atoms with van der Waals surface area (Å²) in [5.74, 6) is -1.14. The summed E-state index contributed by atoms with van der Waals surface area (Å²) in [6.45, 7) is 9.79. The highest BCUT2D eigenvalue weighted by Crippen LogP contribution is 2.50. The molecule has 0 saturated carbocycles. The highest BCUT2D eigenvalue weighted by molar-refractivity contribution is 7.99. The number of nitrogens with zero attached hydrogens (tertiary/aromatic N) is 6. The summed E-state index contributed by atoms with van der Waals surface area (Å²) < 4.78 is 0. The second kappa shape index (κ2) is 21.7. The Labute approximate surface area is 395 Å². The third kappa shape index (κ3) is 11.3. The Kier molecular flexibility index (Phi) is 16.1. The lowest BCUT2D eigenvalue weighted by Gasteiger charge is -2.33. The van der Waals surface area contributed by atoms with E-state index in [0.29, 0.717) is 48.4 Å². The summed E-state index contributed by atoms with van der Waals surface area (Å²) in [6, 6.07) is 20.0. The van der Waals surface area contributed by atoms with Crippen LogP contribution in [0.2, 0.25) is 0 Å². The number of hydrogen-bond donors (Lipinski definition) is 2. The maximum Gasteiger partial charge on any atom is 0.291 e. The molecule has 4 amide bonds. The summed E-state index contributed by atoms with van der Waals surface area (Å²) in [5.41, 5.74) is 3.50. The van der Waals surface area contributed by atoms with Crippen LogP contribution in [-0.4, -0.2) is 133 Å². The van der Waals surface area contributed by atoms with Gasteiger partial charge in [-0.05, 0) is 69.5 Å². The van der Waals surface area contributed by atoms with Crippen LogP contribution in [0.5, 0.6) is 0 Å². The molecular formula is C50H58N8O8S. The van der Waals surface area contributed by atoms with Gasteiger partial charge in [0.05, 0.1) is 30.8 Å². The number of piperazine rings is 2. The Morgan fingerprint density at radius 1 is 0.627 bits per heavy atom. The van der Waals surface area contributed by atoms with Crippen molar-refractivity contribution in [2.24, 2.45) is 0 Å². The minimum Gasteiger partial charge on any atom is -0.347 e. The minimum absolute atomic E-state index is 0.0525. The average Bonchev–Trinajstić information content (AvgIpc) is 3.31. The van der Waals surface area contributed by atoms with Crippen molar-refractivity contribution in [1.82, 2.24) is 30.2 Å². The number of benzene rings is 4. The zero-order valence-corrected chi connectivity index (χ0v) is 40.0. The molecule has 4 aromatic rings. The number of carbonyl (C=O) groups is 4. The van der Waals surface area contributed by atoms with Crippen molar-refractivity contribution in [2.45, 2.75) is 61.4 Å². The van der Waals surface area contributed by atoms with E-state index in [2.05, 4.69) is 10.6 Å². The quantitative estimate of drug-likeness (QED) is 0.0749. The van der Waals surface area contributed by atoms with E-state index in [1.807, 2.05) is 52.0 Å². The number of nitro benzene ring substituents is 2. The van der Waals surface area contributed by atoms with E-state index in [1.54, 1.807) is 98.7 Å². The number of amides is 4. The fraction of sp³-hybridized carbons (Fsp3) is 0.360. The van der Waals surface area contributed by atoms with Gasteiger partial charge in [0, 0.05) is 79.6 Å². The first-order chi connectivity index (χ1) is 31.9. The van der Waals surface area contributed by atoms with Gasteiger partial charge in [0.1, 0.15) is 12.1 Å². The van der Waals surface area contributed by atoms with E-state index in [0.717, 1.165) is 22.9 Å². The van der Waals surface area contributed by atoms with Crippen LogP contribution in [0.15, 0.2) is 94.7 Å². The molecule has 2 heterocycles. The van der Waals surface area contributed by atoms with Gasteiger partial charge >= 0.3 is 0 Å². The molecule has 2 aliphatic rings. The summed E-state index contributed by atoms with van der Waals surface area (Å²) in [7, 11) is 6.61. The Morgan fingerprint density at radius 2 is 1.00 bits per heavy atom. The van der Waals surface area contributed by atoms with Crippen LogP contribution in [0.1, 0.15) is 61.8 Å². The zero-order chi connectivity index (χ0) is 48.7. The maximum atomic E-state index is 13.7. The van der Waals surface area contributed by atoms with Crippen molar-refractivity contribution < 1.29 is 29.0 Å². The monoisotopic (exact) mass is 930 g/mol. The molecule has 0 aromatic heterocycles. The van der Waals surface area contributed by atoms with Gasteiger partial charge < -0.3 is 30.2 Å². The molecule has 67 heavy (non-hydrogen) atoms. The molecule has 2 atom stereocenters. The number of hydrogen-bond acceptors (Lipinski definition) is 11. The summed E-state index contributed by atoms with van der Waals surface area (Å²) in [5, 5.41) is 33.3. The number of likely N-dealkylation sites (N-methyl/N-ethyl adjacent to an activating group) is 2. The summed E-state index contributed by atoms with van der Waals surface area (Å²) in [4.78, 5) is 85.1. The molecule has 0 spiro atoms. The maximum absolute atomic E-state index is 13.7. The van der Waals surface area contributed by atoms with Crippen LogP contribution in [0.3, 0.4) is 0 Å². The predicted octanol–water partition coefficient (Wildman–Crippen LogP) is 7.04. The molecule has 2 N–H and O–H groups in total. The largest absolute Gasteiger partial charge is 0.347 e. The van der Waals surface area contributed by atoms with Crippen molar-refractivity contribution in [1.29, 1.82) is 0 Å². The van der Waals surface area contributed by atoms with Crippen molar-refractivity contribution in [3.63, 3.8) is 0 Å².